The Morgan fingerprint density at radius 2 is 2.00 bits per heavy atom. The van der Waals surface area contributed by atoms with Gasteiger partial charge in [-0.15, -0.1) is 10.2 Å². The molecule has 1 aliphatic rings. The van der Waals surface area contributed by atoms with Crippen molar-refractivity contribution >= 4 is 5.97 Å². The lowest BCUT2D eigenvalue weighted by Crippen LogP contribution is -2.31. The monoisotopic (exact) mass is 253 g/mol. The second-order valence-electron chi connectivity index (χ2n) is 4.98. The van der Waals surface area contributed by atoms with E-state index < -0.39 is 18.1 Å². The van der Waals surface area contributed by atoms with Crippen molar-refractivity contribution in [2.75, 3.05) is 0 Å². The van der Waals surface area contributed by atoms with Crippen LogP contribution in [0.25, 0.3) is 0 Å². The highest BCUT2D eigenvalue weighted by atomic mass is 16.4. The van der Waals surface area contributed by atoms with Crippen LogP contribution in [0.4, 0.5) is 0 Å². The van der Waals surface area contributed by atoms with Crippen molar-refractivity contribution in [3.8, 4) is 0 Å². The van der Waals surface area contributed by atoms with Gasteiger partial charge in [0.05, 0.1) is 6.10 Å². The van der Waals surface area contributed by atoms with Gasteiger partial charge in [0.1, 0.15) is 11.6 Å². The average molecular weight is 253 g/mol. The van der Waals surface area contributed by atoms with Crippen molar-refractivity contribution in [2.45, 2.75) is 57.6 Å². The Morgan fingerprint density at radius 3 is 2.50 bits per heavy atom. The van der Waals surface area contributed by atoms with Gasteiger partial charge >= 0.3 is 5.97 Å². The molecule has 18 heavy (non-hydrogen) atoms. The van der Waals surface area contributed by atoms with Crippen molar-refractivity contribution in [3.05, 3.63) is 11.6 Å². The molecule has 1 fully saturated rings. The predicted molar refractivity (Wildman–Crippen MR) is 64.3 cm³/mol. The lowest BCUT2D eigenvalue weighted by molar-refractivity contribution is -0.144. The van der Waals surface area contributed by atoms with Crippen LogP contribution < -0.4 is 0 Å². The highest BCUT2D eigenvalue weighted by Gasteiger charge is 2.32. The zero-order chi connectivity index (χ0) is 13.3. The van der Waals surface area contributed by atoms with Crippen molar-refractivity contribution in [3.63, 3.8) is 0 Å². The maximum Gasteiger partial charge on any atom is 0.329 e. The van der Waals surface area contributed by atoms with Gasteiger partial charge < -0.3 is 10.2 Å². The Kier molecular flexibility index (Phi) is 3.65. The summed E-state index contributed by atoms with van der Waals surface area (Å²) in [5, 5.41) is 27.1. The summed E-state index contributed by atoms with van der Waals surface area (Å²) in [4.78, 5) is 11.3. The van der Waals surface area contributed by atoms with Crippen LogP contribution in [0.15, 0.2) is 0 Å². The number of carbonyl (C=O) groups is 1. The Labute approximate surface area is 106 Å². The molecule has 6 heteroatoms. The lowest BCUT2D eigenvalue weighted by Gasteiger charge is -2.21. The minimum absolute atomic E-state index is 0.270. The van der Waals surface area contributed by atoms with E-state index in [-0.39, 0.29) is 5.92 Å². The minimum atomic E-state index is -1.05. The molecule has 0 aliphatic heterocycles. The molecule has 1 heterocycles. The molecule has 100 valence electrons. The van der Waals surface area contributed by atoms with E-state index in [4.69, 9.17) is 0 Å². The van der Waals surface area contributed by atoms with Gasteiger partial charge in [0, 0.05) is 5.92 Å². The van der Waals surface area contributed by atoms with Crippen LogP contribution in [0.2, 0.25) is 0 Å². The quantitative estimate of drug-likeness (QED) is 0.843. The molecule has 2 rings (SSSR count). The number of carboxylic acid groups (broad SMARTS) is 1. The zero-order valence-electron chi connectivity index (χ0n) is 10.7. The van der Waals surface area contributed by atoms with E-state index in [1.54, 1.807) is 11.5 Å². The second kappa shape index (κ2) is 5.06. The fraction of sp³-hybridized carbons (Fsp3) is 0.750. The van der Waals surface area contributed by atoms with Crippen LogP contribution in [0.1, 0.15) is 56.2 Å². The topological polar surface area (TPSA) is 88.2 Å². The number of aliphatic carboxylic acids is 1. The number of aliphatic hydroxyl groups excluding tert-OH is 1. The molecule has 0 saturated heterocycles. The van der Waals surface area contributed by atoms with E-state index in [0.717, 1.165) is 25.7 Å². The summed E-state index contributed by atoms with van der Waals surface area (Å²) in [5.74, 6) is 0.474. The van der Waals surface area contributed by atoms with Crippen molar-refractivity contribution in [1.82, 2.24) is 14.8 Å². The maximum absolute atomic E-state index is 11.3. The van der Waals surface area contributed by atoms with Crippen LogP contribution in [0, 0.1) is 6.92 Å². The summed E-state index contributed by atoms with van der Waals surface area (Å²) in [5.41, 5.74) is 0. The van der Waals surface area contributed by atoms with E-state index in [1.165, 1.54) is 6.92 Å². The van der Waals surface area contributed by atoms with E-state index in [1.807, 2.05) is 0 Å². The number of rotatable bonds is 4. The molecule has 6 nitrogen and oxygen atoms in total. The number of carboxylic acids is 1. The zero-order valence-corrected chi connectivity index (χ0v) is 10.7. The summed E-state index contributed by atoms with van der Waals surface area (Å²) in [6, 6.07) is -1.00. The molecule has 0 bridgehead atoms. The SMILES string of the molecule is Cc1nnc(C2CCCC2)n1C(C(=O)O)C(C)O. The van der Waals surface area contributed by atoms with Gasteiger partial charge in [-0.05, 0) is 26.7 Å². The highest BCUT2D eigenvalue weighted by Crippen LogP contribution is 2.34. The van der Waals surface area contributed by atoms with Crippen LogP contribution >= 0.6 is 0 Å². The van der Waals surface area contributed by atoms with Crippen LogP contribution in [-0.4, -0.2) is 37.1 Å². The number of hydrogen-bond acceptors (Lipinski definition) is 4. The molecule has 1 aliphatic carbocycles. The molecular weight excluding hydrogens is 234 g/mol. The number of nitrogens with zero attached hydrogens (tertiary/aromatic N) is 3. The molecule has 0 aromatic carbocycles. The van der Waals surface area contributed by atoms with Crippen LogP contribution in [-0.2, 0) is 4.79 Å². The number of aryl methyl sites for hydroxylation is 1. The van der Waals surface area contributed by atoms with Gasteiger partial charge in [-0.25, -0.2) is 4.79 Å². The Hall–Kier alpha value is -1.43. The Bertz CT molecular complexity index is 436. The minimum Gasteiger partial charge on any atom is -0.480 e. The Balaban J connectivity index is 2.41. The first kappa shape index (κ1) is 13.0. The molecule has 1 aromatic heterocycles. The molecule has 2 atom stereocenters. The van der Waals surface area contributed by atoms with Gasteiger partial charge in [0.2, 0.25) is 0 Å². The van der Waals surface area contributed by atoms with Crippen molar-refractivity contribution in [2.24, 2.45) is 0 Å². The first-order valence-electron chi connectivity index (χ1n) is 6.34. The molecule has 2 unspecified atom stereocenters. The third-order valence-electron chi connectivity index (χ3n) is 3.60. The van der Waals surface area contributed by atoms with E-state index >= 15 is 0 Å². The molecular formula is C12H19N3O3. The first-order valence-corrected chi connectivity index (χ1v) is 6.34. The van der Waals surface area contributed by atoms with E-state index in [0.29, 0.717) is 11.6 Å². The third-order valence-corrected chi connectivity index (χ3v) is 3.60. The van der Waals surface area contributed by atoms with Crippen LogP contribution in [0.3, 0.4) is 0 Å². The van der Waals surface area contributed by atoms with E-state index in [9.17, 15) is 15.0 Å². The summed E-state index contributed by atoms with van der Waals surface area (Å²) in [7, 11) is 0. The fourth-order valence-corrected chi connectivity index (χ4v) is 2.72. The molecule has 0 radical (unpaired) electrons. The molecule has 1 aromatic rings. The van der Waals surface area contributed by atoms with E-state index in [2.05, 4.69) is 10.2 Å². The van der Waals surface area contributed by atoms with Gasteiger partial charge in [-0.1, -0.05) is 12.8 Å². The smallest absolute Gasteiger partial charge is 0.329 e. The summed E-state index contributed by atoms with van der Waals surface area (Å²) in [6.45, 7) is 3.21. The van der Waals surface area contributed by atoms with Crippen molar-refractivity contribution < 1.29 is 15.0 Å². The summed E-state index contributed by atoms with van der Waals surface area (Å²) >= 11 is 0. The first-order chi connectivity index (χ1) is 8.52. The van der Waals surface area contributed by atoms with Crippen molar-refractivity contribution in [1.29, 1.82) is 0 Å². The predicted octanol–water partition coefficient (Wildman–Crippen LogP) is 1.25. The number of aromatic nitrogens is 3. The molecule has 0 spiro atoms. The normalized spacial score (nSPS) is 19.9. The largest absolute Gasteiger partial charge is 0.480 e. The van der Waals surface area contributed by atoms with Gasteiger partial charge in [-0.3, -0.25) is 4.57 Å². The van der Waals surface area contributed by atoms with Gasteiger partial charge in [-0.2, -0.15) is 0 Å². The number of hydrogen-bond donors (Lipinski definition) is 2. The highest BCUT2D eigenvalue weighted by molar-refractivity contribution is 5.72. The lowest BCUT2D eigenvalue weighted by atomic mass is 10.1. The molecule has 1 saturated carbocycles. The average Bonchev–Trinajstić information content (AvgIpc) is 2.88. The third kappa shape index (κ3) is 2.25. The number of aliphatic hydroxyl groups is 1. The maximum atomic E-state index is 11.3. The fourth-order valence-electron chi connectivity index (χ4n) is 2.72. The standard InChI is InChI=1S/C12H19N3O3/c1-7(16)10(12(17)18)15-8(2)13-14-11(15)9-5-3-4-6-9/h7,9-10,16H,3-6H2,1-2H3,(H,17,18). The summed E-state index contributed by atoms with van der Waals surface area (Å²) < 4.78 is 1.59. The summed E-state index contributed by atoms with van der Waals surface area (Å²) in [6.07, 6.45) is 3.35. The molecule has 2 N–H and O–H groups in total. The molecule has 0 amide bonds. The van der Waals surface area contributed by atoms with Gasteiger partial charge in [0.25, 0.3) is 0 Å². The van der Waals surface area contributed by atoms with Gasteiger partial charge in [0.15, 0.2) is 6.04 Å². The Morgan fingerprint density at radius 1 is 1.39 bits per heavy atom. The second-order valence-corrected chi connectivity index (χ2v) is 4.98. The van der Waals surface area contributed by atoms with Crippen LogP contribution in [0.5, 0.6) is 0 Å².